The van der Waals surface area contributed by atoms with Crippen molar-refractivity contribution < 1.29 is 22.3 Å². The molecule has 0 radical (unpaired) electrons. The molecule has 1 N–H and O–H groups in total. The zero-order valence-electron chi connectivity index (χ0n) is 12.9. The zero-order valence-corrected chi connectivity index (χ0v) is 14.5. The molecule has 2 aromatic rings. The molecule has 0 saturated carbocycles. The van der Waals surface area contributed by atoms with Gasteiger partial charge in [-0.25, -0.2) is 12.8 Å². The van der Waals surface area contributed by atoms with E-state index in [4.69, 9.17) is 16.3 Å². The standard InChI is InChI=1S/C16H15ClFNO4S/c1-10(23-13-7-8-15(18)14(17)9-13)16(20)11-3-5-12(6-4-11)19-24(2,21)22/h3-10,19H,1-2H3/t10-/m1/s1. The highest BCUT2D eigenvalue weighted by Crippen LogP contribution is 2.23. The van der Waals surface area contributed by atoms with E-state index in [9.17, 15) is 17.6 Å². The van der Waals surface area contributed by atoms with Crippen molar-refractivity contribution in [2.24, 2.45) is 0 Å². The van der Waals surface area contributed by atoms with Crippen LogP contribution >= 0.6 is 11.6 Å². The third-order valence-electron chi connectivity index (χ3n) is 3.05. The molecule has 8 heteroatoms. The summed E-state index contributed by atoms with van der Waals surface area (Å²) in [5.74, 6) is -0.601. The minimum absolute atomic E-state index is 0.0941. The predicted octanol–water partition coefficient (Wildman–Crippen LogP) is 3.50. The van der Waals surface area contributed by atoms with Gasteiger partial charge in [-0.3, -0.25) is 9.52 Å². The Hall–Kier alpha value is -2.12. The second-order valence-corrected chi connectivity index (χ2v) is 7.31. The molecule has 24 heavy (non-hydrogen) atoms. The molecule has 0 aliphatic rings. The lowest BCUT2D eigenvalue weighted by atomic mass is 10.1. The Labute approximate surface area is 144 Å². The summed E-state index contributed by atoms with van der Waals surface area (Å²) in [7, 11) is -3.38. The van der Waals surface area contributed by atoms with Crippen LogP contribution in [0.3, 0.4) is 0 Å². The number of halogens is 2. The van der Waals surface area contributed by atoms with Gasteiger partial charge < -0.3 is 4.74 Å². The fourth-order valence-electron chi connectivity index (χ4n) is 1.96. The fraction of sp³-hybridized carbons (Fsp3) is 0.188. The molecule has 0 amide bonds. The van der Waals surface area contributed by atoms with Crippen LogP contribution < -0.4 is 9.46 Å². The molecular formula is C16H15ClFNO4S. The number of Topliss-reactive ketones (excluding diaryl/α,β-unsaturated/α-hetero) is 1. The molecule has 0 fully saturated rings. The number of ketones is 1. The Morgan fingerprint density at radius 1 is 1.21 bits per heavy atom. The highest BCUT2D eigenvalue weighted by atomic mass is 35.5. The molecule has 0 spiro atoms. The Morgan fingerprint density at radius 3 is 2.38 bits per heavy atom. The number of rotatable bonds is 6. The van der Waals surface area contributed by atoms with Crippen molar-refractivity contribution in [3.63, 3.8) is 0 Å². The Morgan fingerprint density at radius 2 is 1.83 bits per heavy atom. The van der Waals surface area contributed by atoms with Crippen molar-refractivity contribution in [1.29, 1.82) is 0 Å². The predicted molar refractivity (Wildman–Crippen MR) is 90.7 cm³/mol. The first kappa shape index (κ1) is 18.2. The number of hydrogen-bond donors (Lipinski definition) is 1. The highest BCUT2D eigenvalue weighted by molar-refractivity contribution is 7.92. The van der Waals surface area contributed by atoms with Crippen LogP contribution in [0.2, 0.25) is 5.02 Å². The van der Waals surface area contributed by atoms with Gasteiger partial charge in [-0.05, 0) is 43.3 Å². The molecule has 2 aromatic carbocycles. The molecule has 0 heterocycles. The molecule has 0 unspecified atom stereocenters. The van der Waals surface area contributed by atoms with E-state index in [-0.39, 0.29) is 16.6 Å². The van der Waals surface area contributed by atoms with E-state index in [0.29, 0.717) is 11.3 Å². The van der Waals surface area contributed by atoms with Gasteiger partial charge in [0.05, 0.1) is 11.3 Å². The number of anilines is 1. The van der Waals surface area contributed by atoms with Crippen molar-refractivity contribution >= 4 is 33.1 Å². The molecule has 5 nitrogen and oxygen atoms in total. The van der Waals surface area contributed by atoms with Gasteiger partial charge in [0.2, 0.25) is 15.8 Å². The van der Waals surface area contributed by atoms with Crippen LogP contribution in [0.15, 0.2) is 42.5 Å². The number of nitrogens with one attached hydrogen (secondary N) is 1. The van der Waals surface area contributed by atoms with Crippen LogP contribution in [0.5, 0.6) is 5.75 Å². The highest BCUT2D eigenvalue weighted by Gasteiger charge is 2.17. The van der Waals surface area contributed by atoms with Crippen molar-refractivity contribution in [3.8, 4) is 5.75 Å². The molecule has 2 rings (SSSR count). The Kier molecular flexibility index (Phi) is 5.46. The van der Waals surface area contributed by atoms with Crippen LogP contribution in [-0.4, -0.2) is 26.6 Å². The molecule has 0 aromatic heterocycles. The lowest BCUT2D eigenvalue weighted by Crippen LogP contribution is -2.24. The Bertz CT molecular complexity index is 853. The molecule has 128 valence electrons. The van der Waals surface area contributed by atoms with Gasteiger partial charge in [0.1, 0.15) is 11.6 Å². The van der Waals surface area contributed by atoms with E-state index in [1.54, 1.807) is 6.92 Å². The largest absolute Gasteiger partial charge is 0.483 e. The second kappa shape index (κ2) is 7.19. The molecule has 1 atom stereocenters. The van der Waals surface area contributed by atoms with E-state index >= 15 is 0 Å². The van der Waals surface area contributed by atoms with Gasteiger partial charge in [0.25, 0.3) is 0 Å². The number of carbonyl (C=O) groups is 1. The number of ether oxygens (including phenoxy) is 1. The fourth-order valence-corrected chi connectivity index (χ4v) is 2.69. The molecule has 0 aliphatic carbocycles. The smallest absolute Gasteiger partial charge is 0.229 e. The maximum Gasteiger partial charge on any atom is 0.229 e. The first-order chi connectivity index (χ1) is 11.2. The van der Waals surface area contributed by atoms with Crippen LogP contribution in [0, 0.1) is 5.82 Å². The lowest BCUT2D eigenvalue weighted by molar-refractivity contribution is 0.0818. The average molecular weight is 372 g/mol. The van der Waals surface area contributed by atoms with Crippen molar-refractivity contribution in [3.05, 3.63) is 58.9 Å². The van der Waals surface area contributed by atoms with Gasteiger partial charge in [0, 0.05) is 17.3 Å². The van der Waals surface area contributed by atoms with Gasteiger partial charge in [0.15, 0.2) is 6.10 Å². The average Bonchev–Trinajstić information content (AvgIpc) is 2.49. The van der Waals surface area contributed by atoms with Gasteiger partial charge >= 0.3 is 0 Å². The van der Waals surface area contributed by atoms with Crippen molar-refractivity contribution in [1.82, 2.24) is 0 Å². The topological polar surface area (TPSA) is 72.5 Å². The molecule has 0 bridgehead atoms. The van der Waals surface area contributed by atoms with E-state index < -0.39 is 21.9 Å². The third-order valence-corrected chi connectivity index (χ3v) is 3.94. The van der Waals surface area contributed by atoms with Gasteiger partial charge in [-0.1, -0.05) is 11.6 Å². The van der Waals surface area contributed by atoms with Gasteiger partial charge in [-0.15, -0.1) is 0 Å². The monoisotopic (exact) mass is 371 g/mol. The van der Waals surface area contributed by atoms with Crippen LogP contribution in [0.4, 0.5) is 10.1 Å². The SMILES string of the molecule is C[C@@H](Oc1ccc(F)c(Cl)c1)C(=O)c1ccc(NS(C)(=O)=O)cc1. The van der Waals surface area contributed by atoms with E-state index in [2.05, 4.69) is 4.72 Å². The van der Waals surface area contributed by atoms with E-state index in [0.717, 1.165) is 12.3 Å². The summed E-state index contributed by atoms with van der Waals surface area (Å²) in [5.41, 5.74) is 0.711. The lowest BCUT2D eigenvalue weighted by Gasteiger charge is -2.14. The van der Waals surface area contributed by atoms with Crippen LogP contribution in [0.1, 0.15) is 17.3 Å². The molecule has 0 aliphatic heterocycles. The molecular weight excluding hydrogens is 357 g/mol. The first-order valence-electron chi connectivity index (χ1n) is 6.89. The summed E-state index contributed by atoms with van der Waals surface area (Å²) in [6, 6.07) is 9.77. The quantitative estimate of drug-likeness (QED) is 0.789. The minimum Gasteiger partial charge on any atom is -0.483 e. The van der Waals surface area contributed by atoms with E-state index in [1.165, 1.54) is 36.4 Å². The van der Waals surface area contributed by atoms with Gasteiger partial charge in [-0.2, -0.15) is 0 Å². The van der Waals surface area contributed by atoms with Crippen LogP contribution in [-0.2, 0) is 10.0 Å². The summed E-state index contributed by atoms with van der Waals surface area (Å²) in [6.07, 6.45) is 0.218. The number of hydrogen-bond acceptors (Lipinski definition) is 4. The summed E-state index contributed by atoms with van der Waals surface area (Å²) < 4.78 is 43.2. The summed E-state index contributed by atoms with van der Waals surface area (Å²) >= 11 is 5.67. The number of carbonyl (C=O) groups excluding carboxylic acids is 1. The summed E-state index contributed by atoms with van der Waals surface area (Å²) in [6.45, 7) is 1.56. The third kappa shape index (κ3) is 4.94. The minimum atomic E-state index is -3.38. The van der Waals surface area contributed by atoms with Crippen molar-refractivity contribution in [2.75, 3.05) is 11.0 Å². The van der Waals surface area contributed by atoms with Crippen LogP contribution in [0.25, 0.3) is 0 Å². The maximum absolute atomic E-state index is 13.1. The molecule has 0 saturated heterocycles. The zero-order chi connectivity index (χ0) is 17.9. The number of sulfonamides is 1. The summed E-state index contributed by atoms with van der Waals surface area (Å²) in [4.78, 5) is 12.3. The summed E-state index contributed by atoms with van der Waals surface area (Å²) in [5, 5.41) is -0.0941. The maximum atomic E-state index is 13.1. The Balaban J connectivity index is 2.08. The number of benzene rings is 2. The second-order valence-electron chi connectivity index (χ2n) is 5.15. The van der Waals surface area contributed by atoms with Crippen molar-refractivity contribution in [2.45, 2.75) is 13.0 Å². The first-order valence-corrected chi connectivity index (χ1v) is 9.16. The van der Waals surface area contributed by atoms with E-state index in [1.807, 2.05) is 0 Å². The normalized spacial score (nSPS) is 12.5.